The number of benzene rings is 1. The smallest absolute Gasteiger partial charge is 0.122 e. The summed E-state index contributed by atoms with van der Waals surface area (Å²) >= 11 is 9.22. The number of anilines is 1. The molecule has 1 rings (SSSR count). The Morgan fingerprint density at radius 3 is 2.73 bits per heavy atom. The summed E-state index contributed by atoms with van der Waals surface area (Å²) in [5.41, 5.74) is 0.352. The number of nitrogens with one attached hydrogen (secondary N) is 1. The Morgan fingerprint density at radius 2 is 2.27 bits per heavy atom. The highest BCUT2D eigenvalue weighted by atomic mass is 79.9. The molecule has 1 N–H and O–H groups in total. The topological polar surface area (TPSA) is 35.8 Å². The highest BCUT2D eigenvalue weighted by Crippen LogP contribution is 2.27. The van der Waals surface area contributed by atoms with Crippen LogP contribution in [0, 0.1) is 11.3 Å². The zero-order valence-corrected chi connectivity index (χ0v) is 11.0. The van der Waals surface area contributed by atoms with Crippen LogP contribution in [-0.2, 0) is 0 Å². The van der Waals surface area contributed by atoms with Gasteiger partial charge in [-0.1, -0.05) is 18.5 Å². The second kappa shape index (κ2) is 4.87. The van der Waals surface area contributed by atoms with Crippen molar-refractivity contribution in [1.82, 2.24) is 0 Å². The van der Waals surface area contributed by atoms with Gasteiger partial charge in [-0.15, -0.1) is 0 Å². The Kier molecular flexibility index (Phi) is 4.01. The second-order valence-corrected chi connectivity index (χ2v) is 4.81. The van der Waals surface area contributed by atoms with E-state index in [4.69, 9.17) is 16.9 Å². The van der Waals surface area contributed by atoms with Crippen LogP contribution in [0.3, 0.4) is 0 Å². The van der Waals surface area contributed by atoms with Gasteiger partial charge in [0.05, 0.1) is 11.1 Å². The van der Waals surface area contributed by atoms with Crippen molar-refractivity contribution in [2.45, 2.75) is 25.8 Å². The molecular formula is C11H12BrClN2. The largest absolute Gasteiger partial charge is 0.368 e. The summed E-state index contributed by atoms with van der Waals surface area (Å²) in [6.07, 6.45) is 0.740. The third-order valence-electron chi connectivity index (χ3n) is 2.29. The van der Waals surface area contributed by atoms with Gasteiger partial charge >= 0.3 is 0 Å². The number of halogens is 2. The Balaban J connectivity index is 2.91. The molecule has 0 aliphatic carbocycles. The molecule has 0 amide bonds. The SMILES string of the molecule is CCC(C)(C#N)Nc1ccc(Cl)c(Br)c1. The molecule has 4 heteroatoms. The summed E-state index contributed by atoms with van der Waals surface area (Å²) < 4.78 is 0.825. The maximum Gasteiger partial charge on any atom is 0.122 e. The van der Waals surface area contributed by atoms with Gasteiger partial charge < -0.3 is 5.32 Å². The molecule has 1 atom stereocenters. The number of hydrogen-bond donors (Lipinski definition) is 1. The van der Waals surface area contributed by atoms with Gasteiger partial charge in [-0.05, 0) is 47.5 Å². The zero-order valence-electron chi connectivity index (χ0n) is 8.64. The maximum absolute atomic E-state index is 9.02. The molecule has 0 fully saturated rings. The zero-order chi connectivity index (χ0) is 11.5. The van der Waals surface area contributed by atoms with Crippen LogP contribution < -0.4 is 5.32 Å². The first-order valence-corrected chi connectivity index (χ1v) is 5.82. The van der Waals surface area contributed by atoms with E-state index in [2.05, 4.69) is 27.3 Å². The minimum absolute atomic E-state index is 0.534. The van der Waals surface area contributed by atoms with Crippen molar-refractivity contribution in [2.24, 2.45) is 0 Å². The average Bonchev–Trinajstić information content (AvgIpc) is 2.23. The normalized spacial score (nSPS) is 14.1. The fraction of sp³-hybridized carbons (Fsp3) is 0.364. The van der Waals surface area contributed by atoms with Crippen LogP contribution in [0.1, 0.15) is 20.3 Å². The Labute approximate surface area is 103 Å². The summed E-state index contributed by atoms with van der Waals surface area (Å²) in [6.45, 7) is 3.84. The van der Waals surface area contributed by atoms with Gasteiger partial charge in [0, 0.05) is 10.2 Å². The summed E-state index contributed by atoms with van der Waals surface area (Å²) in [4.78, 5) is 0. The average molecular weight is 288 g/mol. The molecule has 0 saturated heterocycles. The van der Waals surface area contributed by atoms with Gasteiger partial charge in [-0.2, -0.15) is 5.26 Å². The minimum Gasteiger partial charge on any atom is -0.368 e. The molecule has 1 unspecified atom stereocenters. The van der Waals surface area contributed by atoms with Crippen molar-refractivity contribution in [3.05, 3.63) is 27.7 Å². The van der Waals surface area contributed by atoms with Crippen molar-refractivity contribution in [2.75, 3.05) is 5.32 Å². The summed E-state index contributed by atoms with van der Waals surface area (Å²) in [5.74, 6) is 0. The maximum atomic E-state index is 9.02. The molecule has 0 spiro atoms. The molecule has 0 aliphatic rings. The first-order valence-electron chi connectivity index (χ1n) is 4.65. The van der Waals surface area contributed by atoms with E-state index < -0.39 is 5.54 Å². The van der Waals surface area contributed by atoms with Crippen LogP contribution in [0.2, 0.25) is 5.02 Å². The van der Waals surface area contributed by atoms with Crippen molar-refractivity contribution in [3.63, 3.8) is 0 Å². The summed E-state index contributed by atoms with van der Waals surface area (Å²) in [5, 5.41) is 12.9. The van der Waals surface area contributed by atoms with Crippen molar-refractivity contribution >= 4 is 33.2 Å². The van der Waals surface area contributed by atoms with Crippen LogP contribution in [0.25, 0.3) is 0 Å². The van der Waals surface area contributed by atoms with E-state index in [0.717, 1.165) is 16.6 Å². The lowest BCUT2D eigenvalue weighted by atomic mass is 10.0. The molecule has 2 nitrogen and oxygen atoms in total. The molecule has 0 bridgehead atoms. The van der Waals surface area contributed by atoms with E-state index in [9.17, 15) is 0 Å². The highest BCUT2D eigenvalue weighted by molar-refractivity contribution is 9.10. The molecule has 1 aromatic carbocycles. The summed E-state index contributed by atoms with van der Waals surface area (Å²) in [7, 11) is 0. The second-order valence-electron chi connectivity index (χ2n) is 3.55. The quantitative estimate of drug-likeness (QED) is 0.904. The molecule has 0 aliphatic heterocycles. The van der Waals surface area contributed by atoms with Gasteiger partial charge in [-0.25, -0.2) is 0 Å². The Bertz CT molecular complexity index is 400. The molecule has 1 aromatic rings. The van der Waals surface area contributed by atoms with Crippen LogP contribution >= 0.6 is 27.5 Å². The van der Waals surface area contributed by atoms with Crippen molar-refractivity contribution in [1.29, 1.82) is 5.26 Å². The molecule has 0 heterocycles. The lowest BCUT2D eigenvalue weighted by Crippen LogP contribution is -2.31. The fourth-order valence-corrected chi connectivity index (χ4v) is 1.58. The lowest BCUT2D eigenvalue weighted by Gasteiger charge is -2.22. The summed E-state index contributed by atoms with van der Waals surface area (Å²) in [6, 6.07) is 7.77. The molecule has 0 aromatic heterocycles. The van der Waals surface area contributed by atoms with Crippen LogP contribution in [0.5, 0.6) is 0 Å². The third-order valence-corrected chi connectivity index (χ3v) is 3.51. The number of rotatable bonds is 3. The van der Waals surface area contributed by atoms with E-state index in [-0.39, 0.29) is 0 Å². The van der Waals surface area contributed by atoms with E-state index in [1.54, 1.807) is 6.07 Å². The molecule has 0 radical (unpaired) electrons. The van der Waals surface area contributed by atoms with Gasteiger partial charge in [0.2, 0.25) is 0 Å². The van der Waals surface area contributed by atoms with E-state index in [1.807, 2.05) is 26.0 Å². The number of nitriles is 1. The third kappa shape index (κ3) is 3.12. The van der Waals surface area contributed by atoms with E-state index in [1.165, 1.54) is 0 Å². The first kappa shape index (κ1) is 12.4. The number of nitrogens with zero attached hydrogens (tertiary/aromatic N) is 1. The van der Waals surface area contributed by atoms with E-state index >= 15 is 0 Å². The predicted octanol–water partition coefficient (Wildman–Crippen LogP) is 4.21. The monoisotopic (exact) mass is 286 g/mol. The van der Waals surface area contributed by atoms with Crippen molar-refractivity contribution in [3.8, 4) is 6.07 Å². The molecule has 0 saturated carbocycles. The van der Waals surface area contributed by atoms with Gasteiger partial charge in [0.1, 0.15) is 5.54 Å². The predicted molar refractivity (Wildman–Crippen MR) is 67.1 cm³/mol. The molecule has 15 heavy (non-hydrogen) atoms. The van der Waals surface area contributed by atoms with Crippen LogP contribution in [-0.4, -0.2) is 5.54 Å². The van der Waals surface area contributed by atoms with Gasteiger partial charge in [0.15, 0.2) is 0 Å². The molecule has 80 valence electrons. The van der Waals surface area contributed by atoms with Crippen LogP contribution in [0.4, 0.5) is 5.69 Å². The fourth-order valence-electron chi connectivity index (χ4n) is 1.09. The standard InChI is InChI=1S/C11H12BrClN2/c1-3-11(2,7-14)15-8-4-5-10(13)9(12)6-8/h4-6,15H,3H2,1-2H3. The first-order chi connectivity index (χ1) is 7.00. The van der Waals surface area contributed by atoms with Gasteiger partial charge in [-0.3, -0.25) is 0 Å². The van der Waals surface area contributed by atoms with E-state index in [0.29, 0.717) is 5.02 Å². The minimum atomic E-state index is -0.534. The van der Waals surface area contributed by atoms with Gasteiger partial charge in [0.25, 0.3) is 0 Å². The Hall–Kier alpha value is -0.720. The van der Waals surface area contributed by atoms with Crippen LogP contribution in [0.15, 0.2) is 22.7 Å². The number of hydrogen-bond acceptors (Lipinski definition) is 2. The molecular weight excluding hydrogens is 275 g/mol. The highest BCUT2D eigenvalue weighted by Gasteiger charge is 2.20. The Morgan fingerprint density at radius 1 is 1.60 bits per heavy atom. The lowest BCUT2D eigenvalue weighted by molar-refractivity contribution is 0.626. The van der Waals surface area contributed by atoms with Crippen molar-refractivity contribution < 1.29 is 0 Å².